The maximum atomic E-state index is 11.2. The molecule has 2 heteroatoms. The average Bonchev–Trinajstić information content (AvgIpc) is 2.48. The van der Waals surface area contributed by atoms with Crippen LogP contribution in [0.3, 0.4) is 0 Å². The van der Waals surface area contributed by atoms with Crippen LogP contribution in [0, 0.1) is 11.8 Å². The van der Waals surface area contributed by atoms with Gasteiger partial charge in [-0.3, -0.25) is 0 Å². The molecule has 1 rings (SSSR count). The highest BCUT2D eigenvalue weighted by Gasteiger charge is 2.28. The van der Waals surface area contributed by atoms with E-state index in [0.29, 0.717) is 11.8 Å². The van der Waals surface area contributed by atoms with Crippen LogP contribution in [0.4, 0.5) is 0 Å². The number of allylic oxidation sites excluding steroid dienone is 2. The molecule has 1 saturated carbocycles. The van der Waals surface area contributed by atoms with Crippen LogP contribution in [0.5, 0.6) is 0 Å². The van der Waals surface area contributed by atoms with Gasteiger partial charge in [0.15, 0.2) is 0 Å². The summed E-state index contributed by atoms with van der Waals surface area (Å²) in [5.74, 6) is 0.611. The smallest absolute Gasteiger partial charge is 0.330 e. The van der Waals surface area contributed by atoms with Gasteiger partial charge in [-0.2, -0.15) is 0 Å². The minimum Gasteiger partial charge on any atom is -0.466 e. The van der Waals surface area contributed by atoms with Crippen molar-refractivity contribution in [3.05, 3.63) is 23.8 Å². The van der Waals surface area contributed by atoms with Crippen molar-refractivity contribution in [1.29, 1.82) is 0 Å². The van der Waals surface area contributed by atoms with Gasteiger partial charge in [0.05, 0.1) is 7.11 Å². The van der Waals surface area contributed by atoms with Crippen LogP contribution in [0.25, 0.3) is 0 Å². The zero-order valence-electron chi connectivity index (χ0n) is 9.17. The molecule has 0 N–H and O–H groups in total. The second-order valence-corrected chi connectivity index (χ2v) is 4.04. The summed E-state index contributed by atoms with van der Waals surface area (Å²) in [4.78, 5) is 11.2. The quantitative estimate of drug-likeness (QED) is 0.384. The van der Waals surface area contributed by atoms with Gasteiger partial charge in [-0.05, 0) is 25.7 Å². The Morgan fingerprint density at radius 3 is 2.71 bits per heavy atom. The number of carbonyl (C=O) groups excluding carboxylic acids is 1. The predicted octanol–water partition coefficient (Wildman–Crippen LogP) is 2.71. The van der Waals surface area contributed by atoms with Crippen molar-refractivity contribution < 1.29 is 9.53 Å². The number of hydrogen-bond donors (Lipinski definition) is 0. The van der Waals surface area contributed by atoms with Crippen LogP contribution >= 0.6 is 0 Å². The zero-order valence-corrected chi connectivity index (χ0v) is 9.17. The van der Waals surface area contributed by atoms with Crippen LogP contribution in [0.15, 0.2) is 23.8 Å². The molecule has 0 saturated heterocycles. The Morgan fingerprint density at radius 2 is 2.21 bits per heavy atom. The summed E-state index contributed by atoms with van der Waals surface area (Å²) in [5.41, 5.74) is 2.33. The molecule has 2 atom stereocenters. The van der Waals surface area contributed by atoms with Crippen molar-refractivity contribution in [3.63, 3.8) is 0 Å². The number of ether oxygens (including phenoxy) is 1. The van der Waals surface area contributed by atoms with Gasteiger partial charge in [0.25, 0.3) is 0 Å². The molecule has 0 aromatic carbocycles. The minimum atomic E-state index is -0.250. The summed E-state index contributed by atoms with van der Waals surface area (Å²) in [6.45, 7) is 8.13. The third-order valence-corrected chi connectivity index (χ3v) is 2.94. The SMILES string of the molecule is C=C(C)C1CCC(C)/C1=C\C(=O)OC. The van der Waals surface area contributed by atoms with Gasteiger partial charge in [-0.25, -0.2) is 4.79 Å². The Balaban J connectivity index is 2.86. The minimum absolute atomic E-state index is 0.250. The van der Waals surface area contributed by atoms with E-state index >= 15 is 0 Å². The third kappa shape index (κ3) is 2.25. The van der Waals surface area contributed by atoms with E-state index in [4.69, 9.17) is 0 Å². The second-order valence-electron chi connectivity index (χ2n) is 4.04. The van der Waals surface area contributed by atoms with Crippen LogP contribution < -0.4 is 0 Å². The predicted molar refractivity (Wildman–Crippen MR) is 56.8 cm³/mol. The van der Waals surface area contributed by atoms with Gasteiger partial charge in [0, 0.05) is 12.0 Å². The molecule has 0 amide bonds. The molecular weight excluding hydrogens is 176 g/mol. The summed E-state index contributed by atoms with van der Waals surface area (Å²) in [6.07, 6.45) is 3.89. The van der Waals surface area contributed by atoms with Gasteiger partial charge in [-0.1, -0.05) is 24.6 Å². The molecule has 1 aliphatic carbocycles. The van der Waals surface area contributed by atoms with Gasteiger partial charge >= 0.3 is 5.97 Å². The molecule has 0 radical (unpaired) electrons. The lowest BCUT2D eigenvalue weighted by molar-refractivity contribution is -0.134. The first-order valence-electron chi connectivity index (χ1n) is 5.01. The van der Waals surface area contributed by atoms with E-state index < -0.39 is 0 Å². The fourth-order valence-corrected chi connectivity index (χ4v) is 2.06. The lowest BCUT2D eigenvalue weighted by atomic mass is 9.92. The molecule has 2 nitrogen and oxygen atoms in total. The van der Waals surface area contributed by atoms with E-state index in [-0.39, 0.29) is 5.97 Å². The molecule has 1 aliphatic rings. The maximum Gasteiger partial charge on any atom is 0.330 e. The van der Waals surface area contributed by atoms with E-state index in [0.717, 1.165) is 18.4 Å². The van der Waals surface area contributed by atoms with Gasteiger partial charge in [0.2, 0.25) is 0 Å². The molecule has 0 spiro atoms. The molecule has 1 fully saturated rings. The summed E-state index contributed by atoms with van der Waals surface area (Å²) in [7, 11) is 1.41. The Bertz CT molecular complexity index is 276. The van der Waals surface area contributed by atoms with Crippen LogP contribution in [0.2, 0.25) is 0 Å². The van der Waals surface area contributed by atoms with Crippen molar-refractivity contribution in [1.82, 2.24) is 0 Å². The van der Waals surface area contributed by atoms with Gasteiger partial charge < -0.3 is 4.74 Å². The normalized spacial score (nSPS) is 29.2. The fourth-order valence-electron chi connectivity index (χ4n) is 2.06. The number of carbonyl (C=O) groups is 1. The highest BCUT2D eigenvalue weighted by Crippen LogP contribution is 2.39. The van der Waals surface area contributed by atoms with Crippen LogP contribution in [0.1, 0.15) is 26.7 Å². The second kappa shape index (κ2) is 4.45. The number of methoxy groups -OCH3 is 1. The zero-order chi connectivity index (χ0) is 10.7. The third-order valence-electron chi connectivity index (χ3n) is 2.94. The standard InChI is InChI=1S/C12H18O2/c1-8(2)10-6-5-9(3)11(10)7-12(13)14-4/h7,9-10H,1,5-6H2,2-4H3/b11-7+. The summed E-state index contributed by atoms with van der Waals surface area (Å²) in [6, 6.07) is 0. The molecule has 78 valence electrons. The molecule has 0 bridgehead atoms. The van der Waals surface area contributed by atoms with Crippen molar-refractivity contribution in [2.45, 2.75) is 26.7 Å². The Morgan fingerprint density at radius 1 is 1.57 bits per heavy atom. The molecule has 0 aromatic heterocycles. The van der Waals surface area contributed by atoms with Crippen LogP contribution in [-0.2, 0) is 9.53 Å². The molecule has 2 unspecified atom stereocenters. The Kier molecular flexibility index (Phi) is 3.50. The van der Waals surface area contributed by atoms with Crippen molar-refractivity contribution in [2.24, 2.45) is 11.8 Å². The lowest BCUT2D eigenvalue weighted by Gasteiger charge is -2.13. The van der Waals surface area contributed by atoms with Gasteiger partial charge in [0.1, 0.15) is 0 Å². The summed E-state index contributed by atoms with van der Waals surface area (Å²) in [5, 5.41) is 0. The first kappa shape index (κ1) is 11.0. The number of hydrogen-bond acceptors (Lipinski definition) is 2. The highest BCUT2D eigenvalue weighted by atomic mass is 16.5. The average molecular weight is 194 g/mol. The van der Waals surface area contributed by atoms with E-state index in [1.165, 1.54) is 12.7 Å². The topological polar surface area (TPSA) is 26.3 Å². The largest absolute Gasteiger partial charge is 0.466 e. The molecule has 0 aliphatic heterocycles. The fraction of sp³-hybridized carbons (Fsp3) is 0.583. The highest BCUT2D eigenvalue weighted by molar-refractivity contribution is 5.83. The maximum absolute atomic E-state index is 11.2. The Labute approximate surface area is 85.6 Å². The Hall–Kier alpha value is -1.05. The molecule has 14 heavy (non-hydrogen) atoms. The number of rotatable bonds is 2. The first-order chi connectivity index (χ1) is 6.56. The molecular formula is C12H18O2. The van der Waals surface area contributed by atoms with E-state index in [2.05, 4.69) is 18.2 Å². The van der Waals surface area contributed by atoms with Crippen LogP contribution in [-0.4, -0.2) is 13.1 Å². The van der Waals surface area contributed by atoms with E-state index in [9.17, 15) is 4.79 Å². The summed E-state index contributed by atoms with van der Waals surface area (Å²) >= 11 is 0. The van der Waals surface area contributed by atoms with Crippen molar-refractivity contribution in [2.75, 3.05) is 7.11 Å². The monoisotopic (exact) mass is 194 g/mol. The molecule has 0 heterocycles. The molecule has 0 aromatic rings. The van der Waals surface area contributed by atoms with Gasteiger partial charge in [-0.15, -0.1) is 0 Å². The van der Waals surface area contributed by atoms with E-state index in [1.807, 2.05) is 6.92 Å². The van der Waals surface area contributed by atoms with E-state index in [1.54, 1.807) is 6.08 Å². The lowest BCUT2D eigenvalue weighted by Crippen LogP contribution is -2.05. The first-order valence-corrected chi connectivity index (χ1v) is 5.01. The van der Waals surface area contributed by atoms with Crippen molar-refractivity contribution >= 4 is 5.97 Å². The summed E-state index contributed by atoms with van der Waals surface area (Å²) < 4.78 is 4.64. The van der Waals surface area contributed by atoms with Crippen molar-refractivity contribution in [3.8, 4) is 0 Å². The number of esters is 1.